The van der Waals surface area contributed by atoms with Crippen molar-refractivity contribution in [1.82, 2.24) is 14.8 Å². The lowest BCUT2D eigenvalue weighted by atomic mass is 9.98. The van der Waals surface area contributed by atoms with Gasteiger partial charge in [-0.15, -0.1) is 0 Å². The van der Waals surface area contributed by atoms with Gasteiger partial charge in [0.2, 0.25) is 11.8 Å². The Labute approximate surface area is 157 Å². The summed E-state index contributed by atoms with van der Waals surface area (Å²) in [7, 11) is 3.09. The number of pyridine rings is 1. The third-order valence-corrected chi connectivity index (χ3v) is 4.36. The highest BCUT2D eigenvalue weighted by atomic mass is 16.5. The molecule has 9 heteroatoms. The lowest BCUT2D eigenvalue weighted by molar-refractivity contribution is -0.145. The summed E-state index contributed by atoms with van der Waals surface area (Å²) in [6.07, 6.45) is 2.68. The first kappa shape index (κ1) is 20.6. The van der Waals surface area contributed by atoms with Crippen LogP contribution in [0.3, 0.4) is 0 Å². The molecule has 0 bridgehead atoms. The highest BCUT2D eigenvalue weighted by molar-refractivity contribution is 5.96. The number of aliphatic carboxylic acids is 1. The summed E-state index contributed by atoms with van der Waals surface area (Å²) in [6, 6.07) is 3.06. The number of amides is 2. The van der Waals surface area contributed by atoms with Crippen LogP contribution in [-0.2, 0) is 14.3 Å². The largest absolute Gasteiger partial charge is 0.481 e. The number of nitrogens with zero attached hydrogens (tertiary/aromatic N) is 3. The monoisotopic (exact) mass is 379 g/mol. The zero-order chi connectivity index (χ0) is 19.8. The Kier molecular flexibility index (Phi) is 7.54. The molecule has 0 radical (unpaired) electrons. The number of piperidine rings is 1. The fourth-order valence-electron chi connectivity index (χ4n) is 2.85. The van der Waals surface area contributed by atoms with Crippen LogP contribution < -0.4 is 4.74 Å². The zero-order valence-corrected chi connectivity index (χ0v) is 15.6. The molecule has 27 heavy (non-hydrogen) atoms. The first-order chi connectivity index (χ1) is 12.9. The van der Waals surface area contributed by atoms with Crippen molar-refractivity contribution in [2.75, 3.05) is 47.0 Å². The summed E-state index contributed by atoms with van der Waals surface area (Å²) in [5, 5.41) is 9.13. The van der Waals surface area contributed by atoms with Crippen LogP contribution in [0.2, 0.25) is 0 Å². The maximum absolute atomic E-state index is 12.6. The van der Waals surface area contributed by atoms with Gasteiger partial charge in [-0.05, 0) is 18.9 Å². The molecule has 1 N–H and O–H groups in total. The van der Waals surface area contributed by atoms with Crippen molar-refractivity contribution in [2.24, 2.45) is 5.92 Å². The third kappa shape index (κ3) is 5.92. The van der Waals surface area contributed by atoms with Crippen LogP contribution in [0.25, 0.3) is 0 Å². The topological polar surface area (TPSA) is 109 Å². The number of carboxylic acids is 1. The van der Waals surface area contributed by atoms with E-state index in [1.165, 1.54) is 29.1 Å². The lowest BCUT2D eigenvalue weighted by Gasteiger charge is -2.32. The van der Waals surface area contributed by atoms with Crippen LogP contribution in [0.1, 0.15) is 23.2 Å². The smallest absolute Gasteiger partial charge is 0.308 e. The minimum atomic E-state index is -0.894. The number of likely N-dealkylation sites (tertiary alicyclic amines) is 1. The Balaban J connectivity index is 1.93. The van der Waals surface area contributed by atoms with E-state index in [1.54, 1.807) is 13.2 Å². The molecule has 1 aliphatic heterocycles. The van der Waals surface area contributed by atoms with Gasteiger partial charge in [0.1, 0.15) is 6.61 Å². The van der Waals surface area contributed by atoms with Gasteiger partial charge in [-0.1, -0.05) is 0 Å². The zero-order valence-electron chi connectivity index (χ0n) is 15.6. The van der Waals surface area contributed by atoms with Gasteiger partial charge in [-0.3, -0.25) is 14.4 Å². The van der Waals surface area contributed by atoms with E-state index in [4.69, 9.17) is 14.6 Å². The molecule has 0 aliphatic carbocycles. The normalized spacial score (nSPS) is 16.7. The van der Waals surface area contributed by atoms with Crippen molar-refractivity contribution >= 4 is 17.8 Å². The molecule has 1 fully saturated rings. The number of carboxylic acid groups (broad SMARTS) is 1. The number of methoxy groups -OCH3 is 1. The summed E-state index contributed by atoms with van der Waals surface area (Å²) in [6.45, 7) is 1.30. The fourth-order valence-corrected chi connectivity index (χ4v) is 2.85. The lowest BCUT2D eigenvalue weighted by Crippen LogP contribution is -2.46. The first-order valence-corrected chi connectivity index (χ1v) is 8.76. The summed E-state index contributed by atoms with van der Waals surface area (Å²) >= 11 is 0. The van der Waals surface area contributed by atoms with Crippen molar-refractivity contribution in [3.05, 3.63) is 23.9 Å². The first-order valence-electron chi connectivity index (χ1n) is 8.76. The molecule has 2 rings (SSSR count). The Bertz CT molecular complexity index is 681. The maximum Gasteiger partial charge on any atom is 0.308 e. The predicted octanol–water partition coefficient (Wildman–Crippen LogP) is 0.502. The average molecular weight is 379 g/mol. The van der Waals surface area contributed by atoms with Gasteiger partial charge in [-0.2, -0.15) is 0 Å². The number of ether oxygens (including phenoxy) is 2. The Morgan fingerprint density at radius 2 is 2.15 bits per heavy atom. The van der Waals surface area contributed by atoms with Gasteiger partial charge in [0, 0.05) is 45.1 Å². The summed E-state index contributed by atoms with van der Waals surface area (Å²) in [5.41, 5.74) is 0.356. The molecule has 1 aromatic rings. The van der Waals surface area contributed by atoms with Crippen molar-refractivity contribution in [1.29, 1.82) is 0 Å². The van der Waals surface area contributed by atoms with Crippen LogP contribution in [0.4, 0.5) is 0 Å². The third-order valence-electron chi connectivity index (χ3n) is 4.36. The summed E-state index contributed by atoms with van der Waals surface area (Å²) in [5.74, 6) is -1.74. The molecule has 1 unspecified atom stereocenters. The Morgan fingerprint density at radius 1 is 1.37 bits per heavy atom. The molecule has 0 saturated carbocycles. The van der Waals surface area contributed by atoms with Crippen molar-refractivity contribution in [3.63, 3.8) is 0 Å². The molecule has 0 spiro atoms. The molecular weight excluding hydrogens is 354 g/mol. The van der Waals surface area contributed by atoms with Gasteiger partial charge >= 0.3 is 5.97 Å². The second-order valence-electron chi connectivity index (χ2n) is 6.40. The highest BCUT2D eigenvalue weighted by Gasteiger charge is 2.29. The molecule has 1 aliphatic rings. The van der Waals surface area contributed by atoms with E-state index in [0.29, 0.717) is 44.0 Å². The number of hydrogen-bond acceptors (Lipinski definition) is 6. The Morgan fingerprint density at radius 3 is 2.85 bits per heavy atom. The maximum atomic E-state index is 12.6. The summed E-state index contributed by atoms with van der Waals surface area (Å²) < 4.78 is 10.3. The minimum absolute atomic E-state index is 0.118. The molecule has 148 valence electrons. The van der Waals surface area contributed by atoms with E-state index in [-0.39, 0.29) is 24.9 Å². The standard InChI is InChI=1S/C18H25N3O6/c1-20(12-16(22)21-7-3-4-14(11-21)18(24)25)17(23)13-5-6-19-15(10-13)27-9-8-26-2/h5-6,10,14H,3-4,7-9,11-12H2,1-2H3,(H,24,25). The molecule has 9 nitrogen and oxygen atoms in total. The number of likely N-dealkylation sites (N-methyl/N-ethyl adjacent to an activating group) is 1. The predicted molar refractivity (Wildman–Crippen MR) is 95.5 cm³/mol. The van der Waals surface area contributed by atoms with E-state index in [9.17, 15) is 14.4 Å². The van der Waals surface area contributed by atoms with Crippen molar-refractivity contribution in [2.45, 2.75) is 12.8 Å². The van der Waals surface area contributed by atoms with Gasteiger partial charge in [0.25, 0.3) is 5.91 Å². The van der Waals surface area contributed by atoms with E-state index in [0.717, 1.165) is 0 Å². The fraction of sp³-hybridized carbons (Fsp3) is 0.556. The quantitative estimate of drug-likeness (QED) is 0.655. The van der Waals surface area contributed by atoms with E-state index in [1.807, 2.05) is 0 Å². The molecule has 2 heterocycles. The van der Waals surface area contributed by atoms with E-state index in [2.05, 4.69) is 4.98 Å². The molecular formula is C18H25N3O6. The number of aromatic nitrogens is 1. The second kappa shape index (κ2) is 9.86. The minimum Gasteiger partial charge on any atom is -0.481 e. The van der Waals surface area contributed by atoms with Crippen molar-refractivity contribution in [3.8, 4) is 5.88 Å². The van der Waals surface area contributed by atoms with Crippen LogP contribution in [0.5, 0.6) is 5.88 Å². The van der Waals surface area contributed by atoms with Crippen LogP contribution in [0, 0.1) is 5.92 Å². The highest BCUT2D eigenvalue weighted by Crippen LogP contribution is 2.17. The molecule has 1 saturated heterocycles. The van der Waals surface area contributed by atoms with Crippen molar-refractivity contribution < 1.29 is 29.0 Å². The molecule has 1 aromatic heterocycles. The second-order valence-corrected chi connectivity index (χ2v) is 6.40. The number of rotatable bonds is 8. The van der Waals surface area contributed by atoms with Gasteiger partial charge in [-0.25, -0.2) is 4.98 Å². The Hall–Kier alpha value is -2.68. The number of hydrogen-bond donors (Lipinski definition) is 1. The van der Waals surface area contributed by atoms with Crippen LogP contribution in [-0.4, -0.2) is 84.7 Å². The van der Waals surface area contributed by atoms with E-state index < -0.39 is 11.9 Å². The van der Waals surface area contributed by atoms with E-state index >= 15 is 0 Å². The number of carbonyl (C=O) groups excluding carboxylic acids is 2. The van der Waals surface area contributed by atoms with Gasteiger partial charge in [0.05, 0.1) is 19.1 Å². The molecule has 2 amide bonds. The van der Waals surface area contributed by atoms with Crippen LogP contribution in [0.15, 0.2) is 18.3 Å². The number of carbonyl (C=O) groups is 3. The average Bonchev–Trinajstić information content (AvgIpc) is 2.67. The molecule has 0 aromatic carbocycles. The van der Waals surface area contributed by atoms with Crippen LogP contribution >= 0.6 is 0 Å². The molecule has 1 atom stereocenters. The van der Waals surface area contributed by atoms with Gasteiger partial charge in [0.15, 0.2) is 0 Å². The SMILES string of the molecule is COCCOc1cc(C(=O)N(C)CC(=O)N2CCCC(C(=O)O)C2)ccn1. The van der Waals surface area contributed by atoms with Gasteiger partial charge < -0.3 is 24.4 Å². The summed E-state index contributed by atoms with van der Waals surface area (Å²) in [4.78, 5) is 43.0.